The Labute approximate surface area is 108 Å². The van der Waals surface area contributed by atoms with Crippen molar-refractivity contribution in [2.24, 2.45) is 11.7 Å². The first-order valence-corrected chi connectivity index (χ1v) is 7.75. The van der Waals surface area contributed by atoms with Crippen LogP contribution in [0.5, 0.6) is 0 Å². The molecule has 3 nitrogen and oxygen atoms in total. The predicted octanol–water partition coefficient (Wildman–Crippen LogP) is 1.68. The zero-order chi connectivity index (χ0) is 12.3. The number of hydrogen-bond acceptors (Lipinski definition) is 3. The first kappa shape index (κ1) is 13.0. The fourth-order valence-electron chi connectivity index (χ4n) is 2.72. The summed E-state index contributed by atoms with van der Waals surface area (Å²) >= 11 is 1.92. The summed E-state index contributed by atoms with van der Waals surface area (Å²) in [5.41, 5.74) is 5.77. The molecule has 1 saturated carbocycles. The number of thioether (sulfide) groups is 1. The summed E-state index contributed by atoms with van der Waals surface area (Å²) in [7, 11) is 0. The summed E-state index contributed by atoms with van der Waals surface area (Å²) in [4.78, 5) is 12.0. The monoisotopic (exact) mass is 254 g/mol. The van der Waals surface area contributed by atoms with Gasteiger partial charge >= 0.3 is 0 Å². The summed E-state index contributed by atoms with van der Waals surface area (Å²) in [5.74, 6) is 0.167. The van der Waals surface area contributed by atoms with Crippen molar-refractivity contribution in [2.75, 3.05) is 6.26 Å². The highest BCUT2D eigenvalue weighted by Gasteiger charge is 2.27. The van der Waals surface area contributed by atoms with Crippen LogP contribution in [0.4, 0.5) is 0 Å². The first-order chi connectivity index (χ1) is 8.19. The summed E-state index contributed by atoms with van der Waals surface area (Å²) in [6.07, 6.45) is 11.6. The molecule has 1 fully saturated rings. The van der Waals surface area contributed by atoms with Gasteiger partial charge in [-0.2, -0.15) is 11.8 Å². The highest BCUT2D eigenvalue weighted by Crippen LogP contribution is 2.27. The fraction of sp³-hybridized carbons (Fsp3) is 0.769. The molecule has 0 bridgehead atoms. The summed E-state index contributed by atoms with van der Waals surface area (Å²) in [6, 6.07) is 0.440. The van der Waals surface area contributed by atoms with E-state index in [2.05, 4.69) is 11.6 Å². The molecule has 0 aliphatic heterocycles. The van der Waals surface area contributed by atoms with Gasteiger partial charge in [0.1, 0.15) is 0 Å². The van der Waals surface area contributed by atoms with Crippen LogP contribution in [-0.4, -0.2) is 29.5 Å². The molecule has 4 unspecified atom stereocenters. The van der Waals surface area contributed by atoms with E-state index >= 15 is 0 Å². The third kappa shape index (κ3) is 3.49. The number of nitrogens with one attached hydrogen (secondary N) is 1. The summed E-state index contributed by atoms with van der Waals surface area (Å²) in [6.45, 7) is 0. The number of rotatable bonds is 3. The van der Waals surface area contributed by atoms with E-state index in [0.29, 0.717) is 6.04 Å². The average Bonchev–Trinajstić information content (AvgIpc) is 2.76. The number of amides is 1. The second-order valence-electron chi connectivity index (χ2n) is 5.12. The van der Waals surface area contributed by atoms with Crippen molar-refractivity contribution in [3.05, 3.63) is 12.2 Å². The van der Waals surface area contributed by atoms with E-state index in [1.807, 2.05) is 23.9 Å². The van der Waals surface area contributed by atoms with E-state index in [9.17, 15) is 4.79 Å². The molecule has 17 heavy (non-hydrogen) atoms. The Bertz CT molecular complexity index is 306. The van der Waals surface area contributed by atoms with E-state index in [-0.39, 0.29) is 17.9 Å². The smallest absolute Gasteiger partial charge is 0.227 e. The Hall–Kier alpha value is -0.480. The van der Waals surface area contributed by atoms with Gasteiger partial charge < -0.3 is 11.1 Å². The maximum atomic E-state index is 12.0. The average molecular weight is 254 g/mol. The van der Waals surface area contributed by atoms with Gasteiger partial charge in [-0.1, -0.05) is 18.6 Å². The van der Waals surface area contributed by atoms with Crippen molar-refractivity contribution in [1.82, 2.24) is 5.32 Å². The van der Waals surface area contributed by atoms with Crippen LogP contribution in [-0.2, 0) is 4.79 Å². The predicted molar refractivity (Wildman–Crippen MR) is 72.9 cm³/mol. The third-order valence-electron chi connectivity index (χ3n) is 3.76. The minimum Gasteiger partial charge on any atom is -0.353 e. The summed E-state index contributed by atoms with van der Waals surface area (Å²) < 4.78 is 0. The van der Waals surface area contributed by atoms with E-state index in [1.54, 1.807) is 0 Å². The molecule has 1 amide bonds. The first-order valence-electron chi connectivity index (χ1n) is 6.46. The lowest BCUT2D eigenvalue weighted by Crippen LogP contribution is -2.41. The Balaban J connectivity index is 1.80. The molecule has 4 heteroatoms. The Kier molecular flexibility index (Phi) is 4.51. The molecule has 2 aliphatic carbocycles. The van der Waals surface area contributed by atoms with Gasteiger partial charge in [-0.05, 0) is 31.9 Å². The molecule has 4 atom stereocenters. The van der Waals surface area contributed by atoms with Gasteiger partial charge in [0.15, 0.2) is 0 Å². The topological polar surface area (TPSA) is 55.1 Å². The van der Waals surface area contributed by atoms with E-state index in [0.717, 1.165) is 24.5 Å². The van der Waals surface area contributed by atoms with Crippen LogP contribution >= 0.6 is 11.8 Å². The lowest BCUT2D eigenvalue weighted by molar-refractivity contribution is -0.124. The zero-order valence-corrected chi connectivity index (χ0v) is 11.2. The second kappa shape index (κ2) is 5.91. The Morgan fingerprint density at radius 3 is 2.82 bits per heavy atom. The highest BCUT2D eigenvalue weighted by molar-refractivity contribution is 7.99. The Morgan fingerprint density at radius 2 is 2.18 bits per heavy atom. The van der Waals surface area contributed by atoms with Gasteiger partial charge in [-0.25, -0.2) is 0 Å². The van der Waals surface area contributed by atoms with Crippen LogP contribution in [0.3, 0.4) is 0 Å². The van der Waals surface area contributed by atoms with Crippen LogP contribution in [0.25, 0.3) is 0 Å². The van der Waals surface area contributed by atoms with Crippen LogP contribution in [0.15, 0.2) is 12.2 Å². The van der Waals surface area contributed by atoms with Gasteiger partial charge in [-0.3, -0.25) is 4.79 Å². The van der Waals surface area contributed by atoms with Crippen molar-refractivity contribution in [3.8, 4) is 0 Å². The number of carbonyl (C=O) groups excluding carboxylic acids is 1. The maximum Gasteiger partial charge on any atom is 0.227 e. The minimum absolute atomic E-state index is 0.000318. The summed E-state index contributed by atoms with van der Waals surface area (Å²) in [5, 5.41) is 3.90. The molecule has 2 aliphatic rings. The second-order valence-corrected chi connectivity index (χ2v) is 6.26. The number of hydrogen-bond donors (Lipinski definition) is 2. The molecule has 0 aromatic rings. The SMILES string of the molecule is CSC1CCCC(NC(=O)C2C=CC(N)C2)C1. The van der Waals surface area contributed by atoms with Gasteiger partial charge in [-0.15, -0.1) is 0 Å². The third-order valence-corrected chi connectivity index (χ3v) is 4.85. The molecular formula is C13H22N2OS. The van der Waals surface area contributed by atoms with Crippen LogP contribution in [0, 0.1) is 5.92 Å². The van der Waals surface area contributed by atoms with Crippen molar-refractivity contribution in [1.29, 1.82) is 0 Å². The van der Waals surface area contributed by atoms with E-state index < -0.39 is 0 Å². The maximum absolute atomic E-state index is 12.0. The highest BCUT2D eigenvalue weighted by atomic mass is 32.2. The van der Waals surface area contributed by atoms with Gasteiger partial charge in [0.05, 0.1) is 5.92 Å². The normalized spacial score (nSPS) is 37.1. The fourth-order valence-corrected chi connectivity index (χ4v) is 3.55. The van der Waals surface area contributed by atoms with Crippen LogP contribution in [0.2, 0.25) is 0 Å². The molecule has 0 aromatic heterocycles. The lowest BCUT2D eigenvalue weighted by Gasteiger charge is -2.29. The largest absolute Gasteiger partial charge is 0.353 e. The van der Waals surface area contributed by atoms with E-state index in [4.69, 9.17) is 5.73 Å². The van der Waals surface area contributed by atoms with Crippen molar-refractivity contribution in [3.63, 3.8) is 0 Å². The molecule has 0 aromatic carbocycles. The standard InChI is InChI=1S/C13H22N2OS/c1-17-12-4-2-3-11(8-12)15-13(16)9-5-6-10(14)7-9/h5-6,9-12H,2-4,7-8,14H2,1H3,(H,15,16). The van der Waals surface area contributed by atoms with Crippen molar-refractivity contribution < 1.29 is 4.79 Å². The molecule has 96 valence electrons. The number of carbonyl (C=O) groups is 1. The Morgan fingerprint density at radius 1 is 1.35 bits per heavy atom. The molecule has 3 N–H and O–H groups in total. The van der Waals surface area contributed by atoms with Crippen LogP contribution < -0.4 is 11.1 Å². The van der Waals surface area contributed by atoms with Crippen LogP contribution in [0.1, 0.15) is 32.1 Å². The molecule has 0 saturated heterocycles. The van der Waals surface area contributed by atoms with Gasteiger partial charge in [0.2, 0.25) is 5.91 Å². The van der Waals surface area contributed by atoms with Gasteiger partial charge in [0, 0.05) is 17.3 Å². The molecule has 0 heterocycles. The minimum atomic E-state index is -0.000318. The number of nitrogens with two attached hydrogens (primary N) is 1. The molecular weight excluding hydrogens is 232 g/mol. The molecule has 0 radical (unpaired) electrons. The van der Waals surface area contributed by atoms with Gasteiger partial charge in [0.25, 0.3) is 0 Å². The van der Waals surface area contributed by atoms with Crippen molar-refractivity contribution in [2.45, 2.75) is 49.4 Å². The molecule has 0 spiro atoms. The molecule has 2 rings (SSSR count). The quantitative estimate of drug-likeness (QED) is 0.753. The van der Waals surface area contributed by atoms with E-state index in [1.165, 1.54) is 12.8 Å². The van der Waals surface area contributed by atoms with Crippen molar-refractivity contribution >= 4 is 17.7 Å². The lowest BCUT2D eigenvalue weighted by atomic mass is 9.94. The zero-order valence-electron chi connectivity index (χ0n) is 10.4.